The Bertz CT molecular complexity index is 1160. The number of nitrogens with one attached hydrogen (secondary N) is 2. The molecule has 0 unspecified atom stereocenters. The van der Waals surface area contributed by atoms with Gasteiger partial charge in [0.1, 0.15) is 10.6 Å². The zero-order valence-corrected chi connectivity index (χ0v) is 18.3. The number of aromatic nitrogens is 1. The van der Waals surface area contributed by atoms with Crippen molar-refractivity contribution in [2.75, 3.05) is 17.1 Å². The molecular weight excluding hydrogens is 457 g/mol. The second-order valence-corrected chi connectivity index (χ2v) is 9.32. The predicted octanol–water partition coefficient (Wildman–Crippen LogP) is 4.82. The molecule has 0 saturated carbocycles. The van der Waals surface area contributed by atoms with Crippen molar-refractivity contribution in [2.24, 2.45) is 0 Å². The maximum absolute atomic E-state index is 12.6. The smallest absolute Gasteiger partial charge is 0.267 e. The molecule has 0 spiro atoms. The molecule has 0 saturated heterocycles. The molecule has 1 aromatic heterocycles. The van der Waals surface area contributed by atoms with Crippen molar-refractivity contribution in [3.8, 4) is 5.75 Å². The minimum Gasteiger partial charge on any atom is -0.495 e. The molecule has 2 N–H and O–H groups in total. The number of hydrogen-bond donors (Lipinski definition) is 2. The van der Waals surface area contributed by atoms with E-state index in [2.05, 4.69) is 15.0 Å². The molecule has 0 aliphatic rings. The van der Waals surface area contributed by atoms with E-state index in [1.54, 1.807) is 25.1 Å². The maximum Gasteiger partial charge on any atom is 0.267 e. The summed E-state index contributed by atoms with van der Waals surface area (Å²) in [6, 6.07) is 10.5. The Balaban J connectivity index is 1.78. The van der Waals surface area contributed by atoms with Crippen molar-refractivity contribution in [3.63, 3.8) is 0 Å². The van der Waals surface area contributed by atoms with Gasteiger partial charge < -0.3 is 10.1 Å². The van der Waals surface area contributed by atoms with Gasteiger partial charge in [-0.2, -0.15) is 0 Å². The maximum atomic E-state index is 12.6. The predicted molar refractivity (Wildman–Crippen MR) is 115 cm³/mol. The molecule has 1 heterocycles. The molecule has 3 rings (SSSR count). The number of amides is 1. The molecule has 3 aromatic rings. The van der Waals surface area contributed by atoms with Crippen LogP contribution in [0.4, 0.5) is 10.8 Å². The fourth-order valence-electron chi connectivity index (χ4n) is 2.37. The standard InChI is InChI=1S/C18H15Cl2N3O4S2/c1-10-16(17(24)22-12-5-8-15(27-2)14(20)9-12)28-18(21-10)23-29(25,26)13-6-3-11(19)4-7-13/h3-9H,1-2H3,(H,21,23)(H,22,24). The van der Waals surface area contributed by atoms with Crippen LogP contribution in [0.3, 0.4) is 0 Å². The van der Waals surface area contributed by atoms with Gasteiger partial charge in [0.05, 0.1) is 22.7 Å². The van der Waals surface area contributed by atoms with E-state index in [1.807, 2.05) is 0 Å². The summed E-state index contributed by atoms with van der Waals surface area (Å²) in [5.74, 6) is 0.0516. The highest BCUT2D eigenvalue weighted by Crippen LogP contribution is 2.29. The van der Waals surface area contributed by atoms with Crippen LogP contribution in [0.25, 0.3) is 0 Å². The Hall–Kier alpha value is -2.33. The highest BCUT2D eigenvalue weighted by Gasteiger charge is 2.20. The van der Waals surface area contributed by atoms with Crippen LogP contribution in [0.5, 0.6) is 5.75 Å². The molecule has 0 aliphatic heterocycles. The first-order valence-electron chi connectivity index (χ1n) is 8.10. The average Bonchev–Trinajstić information content (AvgIpc) is 3.02. The number of methoxy groups -OCH3 is 1. The van der Waals surface area contributed by atoms with Crippen LogP contribution in [0.1, 0.15) is 15.4 Å². The number of carbonyl (C=O) groups is 1. The number of nitrogens with zero attached hydrogens (tertiary/aromatic N) is 1. The first kappa shape index (κ1) is 21.4. The van der Waals surface area contributed by atoms with Gasteiger partial charge in [-0.25, -0.2) is 13.4 Å². The van der Waals surface area contributed by atoms with Crippen LogP contribution in [-0.4, -0.2) is 26.4 Å². The van der Waals surface area contributed by atoms with Crippen LogP contribution >= 0.6 is 34.5 Å². The lowest BCUT2D eigenvalue weighted by molar-refractivity contribution is 0.103. The molecule has 29 heavy (non-hydrogen) atoms. The van der Waals surface area contributed by atoms with Crippen molar-refractivity contribution >= 4 is 61.3 Å². The van der Waals surface area contributed by atoms with Crippen LogP contribution < -0.4 is 14.8 Å². The van der Waals surface area contributed by atoms with Crippen molar-refractivity contribution in [1.29, 1.82) is 0 Å². The zero-order chi connectivity index (χ0) is 21.2. The first-order valence-corrected chi connectivity index (χ1v) is 11.2. The van der Waals surface area contributed by atoms with Gasteiger partial charge in [-0.05, 0) is 49.4 Å². The number of rotatable bonds is 6. The summed E-state index contributed by atoms with van der Waals surface area (Å²) in [6.45, 7) is 1.62. The molecular formula is C18H15Cl2N3O4S2. The lowest BCUT2D eigenvalue weighted by atomic mass is 10.3. The molecule has 0 aliphatic carbocycles. The number of halogens is 2. The summed E-state index contributed by atoms with van der Waals surface area (Å²) in [5, 5.41) is 3.56. The Morgan fingerprint density at radius 1 is 1.14 bits per heavy atom. The molecule has 2 aromatic carbocycles. The summed E-state index contributed by atoms with van der Waals surface area (Å²) in [6.07, 6.45) is 0. The van der Waals surface area contributed by atoms with E-state index in [-0.39, 0.29) is 14.9 Å². The summed E-state index contributed by atoms with van der Waals surface area (Å²) in [4.78, 5) is 17.0. The monoisotopic (exact) mass is 471 g/mol. The minimum atomic E-state index is -3.86. The van der Waals surface area contributed by atoms with Crippen molar-refractivity contribution in [1.82, 2.24) is 4.98 Å². The second kappa shape index (κ2) is 8.58. The lowest BCUT2D eigenvalue weighted by Crippen LogP contribution is -2.12. The zero-order valence-electron chi connectivity index (χ0n) is 15.2. The third kappa shape index (κ3) is 4.99. The third-order valence-corrected chi connectivity index (χ3v) is 6.86. The molecule has 11 heteroatoms. The fourth-order valence-corrected chi connectivity index (χ4v) is 4.85. The number of aryl methyl sites for hydroxylation is 1. The van der Waals surface area contributed by atoms with Gasteiger partial charge in [0, 0.05) is 10.7 Å². The number of carbonyl (C=O) groups excluding carboxylic acids is 1. The Labute approximate surface area is 181 Å². The summed E-state index contributed by atoms with van der Waals surface area (Å²) in [7, 11) is -2.36. The molecule has 1 amide bonds. The molecule has 0 bridgehead atoms. The third-order valence-electron chi connectivity index (χ3n) is 3.76. The lowest BCUT2D eigenvalue weighted by Gasteiger charge is -2.07. The summed E-state index contributed by atoms with van der Waals surface area (Å²) < 4.78 is 32.4. The van der Waals surface area contributed by atoms with E-state index >= 15 is 0 Å². The van der Waals surface area contributed by atoms with Crippen LogP contribution in [-0.2, 0) is 10.0 Å². The normalized spacial score (nSPS) is 11.2. The van der Waals surface area contributed by atoms with Gasteiger partial charge in [-0.3, -0.25) is 9.52 Å². The molecule has 7 nitrogen and oxygen atoms in total. The molecule has 152 valence electrons. The largest absolute Gasteiger partial charge is 0.495 e. The van der Waals surface area contributed by atoms with E-state index in [9.17, 15) is 13.2 Å². The van der Waals surface area contributed by atoms with Crippen molar-refractivity contribution < 1.29 is 17.9 Å². The van der Waals surface area contributed by atoms with Crippen LogP contribution in [0.2, 0.25) is 10.0 Å². The van der Waals surface area contributed by atoms with E-state index in [4.69, 9.17) is 27.9 Å². The SMILES string of the molecule is COc1ccc(NC(=O)c2sc(NS(=O)(=O)c3ccc(Cl)cc3)nc2C)cc1Cl. The van der Waals surface area contributed by atoms with Crippen LogP contribution in [0.15, 0.2) is 47.4 Å². The highest BCUT2D eigenvalue weighted by atomic mass is 35.5. The van der Waals surface area contributed by atoms with E-state index in [1.165, 1.54) is 31.4 Å². The number of anilines is 2. The fraction of sp³-hybridized carbons (Fsp3) is 0.111. The second-order valence-electron chi connectivity index (χ2n) is 5.80. The Morgan fingerprint density at radius 3 is 2.45 bits per heavy atom. The number of ether oxygens (including phenoxy) is 1. The number of benzene rings is 2. The molecule has 0 radical (unpaired) electrons. The summed E-state index contributed by atoms with van der Waals surface area (Å²) in [5.41, 5.74) is 0.859. The quantitative estimate of drug-likeness (QED) is 0.536. The topological polar surface area (TPSA) is 97.4 Å². The van der Waals surface area contributed by atoms with Gasteiger partial charge in [0.15, 0.2) is 5.13 Å². The van der Waals surface area contributed by atoms with Gasteiger partial charge in [-0.15, -0.1) is 0 Å². The Kier molecular flexibility index (Phi) is 6.33. The van der Waals surface area contributed by atoms with Gasteiger partial charge in [0.2, 0.25) is 0 Å². The Morgan fingerprint density at radius 2 is 1.83 bits per heavy atom. The van der Waals surface area contributed by atoms with E-state index in [0.717, 1.165) is 11.3 Å². The highest BCUT2D eigenvalue weighted by molar-refractivity contribution is 7.93. The first-order chi connectivity index (χ1) is 13.7. The molecule has 0 atom stereocenters. The number of hydrogen-bond acceptors (Lipinski definition) is 6. The minimum absolute atomic E-state index is 0.0358. The molecule has 0 fully saturated rings. The van der Waals surface area contributed by atoms with Gasteiger partial charge in [0.25, 0.3) is 15.9 Å². The average molecular weight is 472 g/mol. The van der Waals surface area contributed by atoms with Crippen molar-refractivity contribution in [3.05, 3.63) is 63.1 Å². The number of thiazole rings is 1. The summed E-state index contributed by atoms with van der Waals surface area (Å²) >= 11 is 12.8. The number of sulfonamides is 1. The van der Waals surface area contributed by atoms with Crippen LogP contribution in [0, 0.1) is 6.92 Å². The van der Waals surface area contributed by atoms with Crippen molar-refractivity contribution in [2.45, 2.75) is 11.8 Å². The van der Waals surface area contributed by atoms with Gasteiger partial charge >= 0.3 is 0 Å². The van der Waals surface area contributed by atoms with E-state index < -0.39 is 15.9 Å². The van der Waals surface area contributed by atoms with Gasteiger partial charge in [-0.1, -0.05) is 34.5 Å². The van der Waals surface area contributed by atoms with E-state index in [0.29, 0.717) is 27.2 Å².